The first-order valence-electron chi connectivity index (χ1n) is 7.16. The van der Waals surface area contributed by atoms with Crippen LogP contribution < -0.4 is 10.2 Å². The second-order valence-electron chi connectivity index (χ2n) is 5.16. The van der Waals surface area contributed by atoms with Crippen LogP contribution in [-0.2, 0) is 0 Å². The molecule has 0 aromatic heterocycles. The lowest BCUT2D eigenvalue weighted by molar-refractivity contribution is 0.194. The first-order chi connectivity index (χ1) is 9.20. The molecular formula is C15H24ClN3. The van der Waals surface area contributed by atoms with E-state index in [0.717, 1.165) is 44.3 Å². The van der Waals surface area contributed by atoms with Crippen molar-refractivity contribution in [1.29, 1.82) is 0 Å². The van der Waals surface area contributed by atoms with Crippen LogP contribution in [0.4, 0.5) is 5.69 Å². The van der Waals surface area contributed by atoms with Gasteiger partial charge in [-0.1, -0.05) is 24.6 Å². The van der Waals surface area contributed by atoms with Gasteiger partial charge in [-0.2, -0.15) is 0 Å². The molecule has 106 valence electrons. The summed E-state index contributed by atoms with van der Waals surface area (Å²) in [4.78, 5) is 4.98. The number of halogens is 1. The Morgan fingerprint density at radius 3 is 2.63 bits per heavy atom. The number of nitrogens with one attached hydrogen (secondary N) is 1. The molecule has 1 saturated heterocycles. The molecule has 0 spiro atoms. The minimum absolute atomic E-state index is 0.612. The highest BCUT2D eigenvalue weighted by Crippen LogP contribution is 2.21. The number of hydrogen-bond acceptors (Lipinski definition) is 3. The number of anilines is 1. The highest BCUT2D eigenvalue weighted by atomic mass is 35.5. The van der Waals surface area contributed by atoms with E-state index in [-0.39, 0.29) is 0 Å². The summed E-state index contributed by atoms with van der Waals surface area (Å²) in [5.74, 6) is 0. The topological polar surface area (TPSA) is 18.5 Å². The summed E-state index contributed by atoms with van der Waals surface area (Å²) in [6.07, 6.45) is 0. The number of rotatable bonds is 5. The van der Waals surface area contributed by atoms with Crippen molar-refractivity contribution >= 4 is 17.3 Å². The van der Waals surface area contributed by atoms with Crippen LogP contribution in [0.3, 0.4) is 0 Å². The van der Waals surface area contributed by atoms with Crippen LogP contribution in [0.2, 0.25) is 5.02 Å². The number of hydrogen-bond donors (Lipinski definition) is 1. The molecule has 1 aromatic carbocycles. The molecule has 4 heteroatoms. The first kappa shape index (κ1) is 14.6. The molecule has 1 aliphatic rings. The zero-order valence-electron chi connectivity index (χ0n) is 11.9. The summed E-state index contributed by atoms with van der Waals surface area (Å²) in [5, 5.41) is 4.24. The predicted octanol–water partition coefficient (Wildman–Crippen LogP) is 2.46. The van der Waals surface area contributed by atoms with Gasteiger partial charge in [0.25, 0.3) is 0 Å². The summed E-state index contributed by atoms with van der Waals surface area (Å²) < 4.78 is 0. The molecule has 3 nitrogen and oxygen atoms in total. The van der Waals surface area contributed by atoms with Gasteiger partial charge in [-0.25, -0.2) is 0 Å². The molecule has 0 saturated carbocycles. The summed E-state index contributed by atoms with van der Waals surface area (Å²) in [6, 6.07) is 8.77. The van der Waals surface area contributed by atoms with Gasteiger partial charge >= 0.3 is 0 Å². The second-order valence-corrected chi connectivity index (χ2v) is 5.60. The fourth-order valence-electron chi connectivity index (χ4n) is 2.58. The molecule has 1 aliphatic heterocycles. The minimum Gasteiger partial charge on any atom is -0.369 e. The molecule has 1 fully saturated rings. The van der Waals surface area contributed by atoms with Crippen molar-refractivity contribution in [3.63, 3.8) is 0 Å². The molecule has 19 heavy (non-hydrogen) atoms. The van der Waals surface area contributed by atoms with Crippen molar-refractivity contribution < 1.29 is 0 Å². The molecule has 1 N–H and O–H groups in total. The molecule has 1 heterocycles. The maximum absolute atomic E-state index is 6.06. The van der Waals surface area contributed by atoms with Crippen molar-refractivity contribution in [1.82, 2.24) is 10.2 Å². The van der Waals surface area contributed by atoms with Crippen molar-refractivity contribution in [3.8, 4) is 0 Å². The number of likely N-dealkylation sites (N-methyl/N-ethyl adjacent to an activating group) is 1. The van der Waals surface area contributed by atoms with Crippen molar-refractivity contribution in [2.75, 3.05) is 44.2 Å². The van der Waals surface area contributed by atoms with Gasteiger partial charge in [-0.05, 0) is 31.7 Å². The van der Waals surface area contributed by atoms with Crippen LogP contribution in [0.5, 0.6) is 0 Å². The van der Waals surface area contributed by atoms with E-state index in [1.807, 2.05) is 12.1 Å². The minimum atomic E-state index is 0.612. The van der Waals surface area contributed by atoms with E-state index in [2.05, 4.69) is 41.1 Å². The van der Waals surface area contributed by atoms with Crippen LogP contribution in [0.25, 0.3) is 0 Å². The van der Waals surface area contributed by atoms with Gasteiger partial charge in [0.05, 0.1) is 0 Å². The average Bonchev–Trinajstić information content (AvgIpc) is 2.45. The highest BCUT2D eigenvalue weighted by molar-refractivity contribution is 6.30. The summed E-state index contributed by atoms with van der Waals surface area (Å²) in [6.45, 7) is 11.0. The van der Waals surface area contributed by atoms with Crippen molar-refractivity contribution in [2.24, 2.45) is 0 Å². The third-order valence-corrected chi connectivity index (χ3v) is 4.04. The van der Waals surface area contributed by atoms with E-state index in [9.17, 15) is 0 Å². The molecule has 1 aromatic rings. The van der Waals surface area contributed by atoms with Crippen LogP contribution in [0.15, 0.2) is 24.3 Å². The Morgan fingerprint density at radius 1 is 1.26 bits per heavy atom. The van der Waals surface area contributed by atoms with Gasteiger partial charge in [-0.15, -0.1) is 0 Å². The zero-order valence-corrected chi connectivity index (χ0v) is 12.7. The number of benzene rings is 1. The Kier molecular flexibility index (Phi) is 5.49. The van der Waals surface area contributed by atoms with E-state index in [0.29, 0.717) is 6.04 Å². The van der Waals surface area contributed by atoms with Gasteiger partial charge < -0.3 is 10.2 Å². The molecular weight excluding hydrogens is 258 g/mol. The normalized spacial score (nSPS) is 18.6. The Morgan fingerprint density at radius 2 is 2.00 bits per heavy atom. The third-order valence-electron chi connectivity index (χ3n) is 3.80. The fourth-order valence-corrected chi connectivity index (χ4v) is 2.76. The summed E-state index contributed by atoms with van der Waals surface area (Å²) in [5.41, 5.74) is 1.24. The van der Waals surface area contributed by atoms with Crippen LogP contribution >= 0.6 is 11.6 Å². The van der Waals surface area contributed by atoms with E-state index < -0.39 is 0 Å². The van der Waals surface area contributed by atoms with Gasteiger partial charge in [0.2, 0.25) is 0 Å². The predicted molar refractivity (Wildman–Crippen MR) is 83.2 cm³/mol. The first-order valence-corrected chi connectivity index (χ1v) is 7.53. The summed E-state index contributed by atoms with van der Waals surface area (Å²) in [7, 11) is 0. The number of nitrogens with zero attached hydrogens (tertiary/aromatic N) is 2. The summed E-state index contributed by atoms with van der Waals surface area (Å²) >= 11 is 6.06. The van der Waals surface area contributed by atoms with E-state index in [1.165, 1.54) is 5.69 Å². The van der Waals surface area contributed by atoms with Crippen LogP contribution in [0, 0.1) is 0 Å². The quantitative estimate of drug-likeness (QED) is 0.894. The SMILES string of the molecule is CCNCC(C)N1CCN(c2cccc(Cl)c2)CC1. The van der Waals surface area contributed by atoms with Gasteiger partial charge in [-0.3, -0.25) is 4.90 Å². The van der Waals surface area contributed by atoms with Crippen LogP contribution in [-0.4, -0.2) is 50.2 Å². The monoisotopic (exact) mass is 281 g/mol. The molecule has 1 unspecified atom stereocenters. The Hall–Kier alpha value is -0.770. The lowest BCUT2D eigenvalue weighted by Crippen LogP contribution is -2.52. The van der Waals surface area contributed by atoms with Gasteiger partial charge in [0, 0.05) is 49.5 Å². The van der Waals surface area contributed by atoms with Crippen LogP contribution in [0.1, 0.15) is 13.8 Å². The highest BCUT2D eigenvalue weighted by Gasteiger charge is 2.20. The lowest BCUT2D eigenvalue weighted by atomic mass is 10.2. The van der Waals surface area contributed by atoms with Gasteiger partial charge in [0.15, 0.2) is 0 Å². The molecule has 2 rings (SSSR count). The second kappa shape index (κ2) is 7.13. The zero-order chi connectivity index (χ0) is 13.7. The maximum atomic E-state index is 6.06. The fraction of sp³-hybridized carbons (Fsp3) is 0.600. The lowest BCUT2D eigenvalue weighted by Gasteiger charge is -2.39. The van der Waals surface area contributed by atoms with Crippen molar-refractivity contribution in [2.45, 2.75) is 19.9 Å². The number of piperazine rings is 1. The molecule has 0 aliphatic carbocycles. The van der Waals surface area contributed by atoms with E-state index in [4.69, 9.17) is 11.6 Å². The maximum Gasteiger partial charge on any atom is 0.0426 e. The van der Waals surface area contributed by atoms with E-state index in [1.54, 1.807) is 0 Å². The smallest absolute Gasteiger partial charge is 0.0426 e. The standard InChI is InChI=1S/C15H24ClN3/c1-3-17-12-13(2)18-7-9-19(10-8-18)15-6-4-5-14(16)11-15/h4-6,11,13,17H,3,7-10,12H2,1-2H3. The Bertz CT molecular complexity index is 389. The molecule has 0 radical (unpaired) electrons. The van der Waals surface area contributed by atoms with Crippen molar-refractivity contribution in [3.05, 3.63) is 29.3 Å². The van der Waals surface area contributed by atoms with E-state index >= 15 is 0 Å². The van der Waals surface area contributed by atoms with Gasteiger partial charge in [0.1, 0.15) is 0 Å². The average molecular weight is 282 g/mol. The molecule has 0 amide bonds. The Balaban J connectivity index is 1.85. The largest absolute Gasteiger partial charge is 0.369 e. The molecule has 1 atom stereocenters. The third kappa shape index (κ3) is 4.10. The molecule has 0 bridgehead atoms. The Labute approximate surface area is 121 Å².